The molecule has 0 bridgehead atoms. The zero-order valence-corrected chi connectivity index (χ0v) is 19.0. The average Bonchev–Trinajstić information content (AvgIpc) is 3.50. The van der Waals surface area contributed by atoms with Gasteiger partial charge in [-0.05, 0) is 26.0 Å². The number of amides is 1. The molecule has 4 aromatic rings. The van der Waals surface area contributed by atoms with E-state index in [0.717, 1.165) is 22.1 Å². The van der Waals surface area contributed by atoms with Gasteiger partial charge in [0.15, 0.2) is 10.7 Å². The maximum absolute atomic E-state index is 13.3. The van der Waals surface area contributed by atoms with Crippen LogP contribution in [-0.2, 0) is 13.0 Å². The Labute approximate surface area is 184 Å². The molecule has 0 spiro atoms. The van der Waals surface area contributed by atoms with Gasteiger partial charge >= 0.3 is 0 Å². The van der Waals surface area contributed by atoms with Gasteiger partial charge in [0.1, 0.15) is 5.01 Å². The van der Waals surface area contributed by atoms with Crippen LogP contribution in [0, 0.1) is 0 Å². The van der Waals surface area contributed by atoms with Crippen LogP contribution in [0.1, 0.15) is 39.7 Å². The van der Waals surface area contributed by atoms with Gasteiger partial charge in [-0.15, -0.1) is 22.7 Å². The summed E-state index contributed by atoms with van der Waals surface area (Å²) in [6.07, 6.45) is 4.64. The van der Waals surface area contributed by atoms with E-state index in [9.17, 15) is 4.79 Å². The third-order valence-corrected chi connectivity index (χ3v) is 7.06. The largest absolute Gasteiger partial charge is 0.340 e. The van der Waals surface area contributed by atoms with Gasteiger partial charge in [-0.3, -0.25) is 14.1 Å². The number of hydrogen-bond donors (Lipinski definition) is 0. The average molecular weight is 440 g/mol. The molecule has 3 heterocycles. The van der Waals surface area contributed by atoms with E-state index in [-0.39, 0.29) is 11.9 Å². The first kappa shape index (κ1) is 20.7. The zero-order valence-electron chi connectivity index (χ0n) is 17.4. The van der Waals surface area contributed by atoms with Gasteiger partial charge in [-0.25, -0.2) is 9.97 Å². The van der Waals surface area contributed by atoms with Crippen LogP contribution in [0.2, 0.25) is 0 Å². The molecule has 0 fully saturated rings. The number of carbonyl (C=O) groups excluding carboxylic acids is 1. The zero-order chi connectivity index (χ0) is 21.1. The van der Waals surface area contributed by atoms with Crippen molar-refractivity contribution in [2.75, 3.05) is 20.6 Å². The highest BCUT2D eigenvalue weighted by Crippen LogP contribution is 2.25. The molecule has 156 valence electrons. The van der Waals surface area contributed by atoms with Gasteiger partial charge in [0, 0.05) is 43.3 Å². The highest BCUT2D eigenvalue weighted by molar-refractivity contribution is 7.15. The van der Waals surface area contributed by atoms with Crippen molar-refractivity contribution in [3.8, 4) is 0 Å². The number of thiazole rings is 2. The molecule has 0 unspecified atom stereocenters. The molecular weight excluding hydrogens is 414 g/mol. The van der Waals surface area contributed by atoms with Crippen molar-refractivity contribution in [2.24, 2.45) is 0 Å². The lowest BCUT2D eigenvalue weighted by Crippen LogP contribution is -2.31. The van der Waals surface area contributed by atoms with Crippen LogP contribution >= 0.6 is 22.7 Å². The molecule has 1 aromatic carbocycles. The number of fused-ring (bicyclic) bond motifs is 1. The fourth-order valence-corrected chi connectivity index (χ4v) is 4.87. The number of likely N-dealkylation sites (N-methyl/N-ethyl adjacent to an activating group) is 1. The summed E-state index contributed by atoms with van der Waals surface area (Å²) in [6.45, 7) is 3.41. The molecule has 0 aliphatic rings. The molecule has 0 saturated carbocycles. The summed E-state index contributed by atoms with van der Waals surface area (Å²) in [6, 6.07) is 10.4. The topological polar surface area (TPSA) is 53.7 Å². The van der Waals surface area contributed by atoms with Gasteiger partial charge < -0.3 is 4.90 Å². The summed E-state index contributed by atoms with van der Waals surface area (Å²) < 4.78 is 2.04. The summed E-state index contributed by atoms with van der Waals surface area (Å²) >= 11 is 3.20. The van der Waals surface area contributed by atoms with Crippen molar-refractivity contribution >= 4 is 33.5 Å². The second-order valence-corrected chi connectivity index (χ2v) is 9.19. The first-order chi connectivity index (χ1) is 14.5. The van der Waals surface area contributed by atoms with Crippen molar-refractivity contribution in [1.29, 1.82) is 0 Å². The van der Waals surface area contributed by atoms with E-state index in [1.165, 1.54) is 5.56 Å². The van der Waals surface area contributed by atoms with E-state index < -0.39 is 0 Å². The van der Waals surface area contributed by atoms with Crippen molar-refractivity contribution in [3.63, 3.8) is 0 Å². The van der Waals surface area contributed by atoms with Gasteiger partial charge in [-0.2, -0.15) is 0 Å². The molecule has 0 aliphatic carbocycles. The van der Waals surface area contributed by atoms with E-state index >= 15 is 0 Å². The van der Waals surface area contributed by atoms with Gasteiger partial charge in [-0.1, -0.05) is 30.3 Å². The van der Waals surface area contributed by atoms with Crippen LogP contribution in [0.5, 0.6) is 0 Å². The maximum atomic E-state index is 13.3. The Balaban J connectivity index is 1.53. The minimum Gasteiger partial charge on any atom is -0.340 e. The Kier molecular flexibility index (Phi) is 6.26. The molecule has 0 saturated heterocycles. The third kappa shape index (κ3) is 4.30. The maximum Gasteiger partial charge on any atom is 0.274 e. The highest BCUT2D eigenvalue weighted by atomic mass is 32.1. The Morgan fingerprint density at radius 2 is 1.97 bits per heavy atom. The number of rotatable bonds is 8. The van der Waals surface area contributed by atoms with Crippen molar-refractivity contribution in [3.05, 3.63) is 75.4 Å². The molecule has 0 N–H and O–H groups in total. The lowest BCUT2D eigenvalue weighted by molar-refractivity contribution is 0.0788. The summed E-state index contributed by atoms with van der Waals surface area (Å²) in [5.41, 5.74) is 2.68. The van der Waals surface area contributed by atoms with Crippen LogP contribution in [0.15, 0.2) is 53.5 Å². The number of nitrogens with zero attached hydrogens (tertiary/aromatic N) is 5. The normalized spacial score (nSPS) is 12.5. The molecule has 6 nitrogen and oxygen atoms in total. The Bertz CT molecular complexity index is 1100. The standard InChI is InChI=1S/C22H25N5OS2/c1-16(20-23-10-13-29-20)26(3)15-18-19(24-22-27(18)12-14-30-22)21(28)25(2)11-9-17-7-5-4-6-8-17/h4-8,10,12-14,16H,9,11,15H2,1-3H3/t16-/m0/s1. The fraction of sp³-hybridized carbons (Fsp3) is 0.318. The Morgan fingerprint density at radius 1 is 1.17 bits per heavy atom. The molecule has 1 atom stereocenters. The summed E-state index contributed by atoms with van der Waals surface area (Å²) in [4.78, 5) is 27.2. The minimum atomic E-state index is -0.0351. The molecular formula is C22H25N5OS2. The predicted octanol–water partition coefficient (Wildman–Crippen LogP) is 4.36. The lowest BCUT2D eigenvalue weighted by atomic mass is 10.1. The Morgan fingerprint density at radius 3 is 2.70 bits per heavy atom. The van der Waals surface area contributed by atoms with E-state index in [2.05, 4.69) is 41.0 Å². The van der Waals surface area contributed by atoms with Crippen molar-refractivity contribution in [1.82, 2.24) is 24.2 Å². The number of aromatic nitrogens is 3. The SMILES string of the molecule is C[C@@H](c1nccs1)N(C)Cc1c(C(=O)N(C)CCc2ccccc2)nc2sccn12. The first-order valence-corrected chi connectivity index (χ1v) is 11.6. The van der Waals surface area contributed by atoms with E-state index in [0.29, 0.717) is 18.8 Å². The molecule has 30 heavy (non-hydrogen) atoms. The minimum absolute atomic E-state index is 0.0351. The number of carbonyl (C=O) groups is 1. The predicted molar refractivity (Wildman–Crippen MR) is 122 cm³/mol. The number of hydrogen-bond acceptors (Lipinski definition) is 6. The summed E-state index contributed by atoms with van der Waals surface area (Å²) in [5, 5.41) is 5.06. The summed E-state index contributed by atoms with van der Waals surface area (Å²) in [5.74, 6) is -0.0351. The van der Waals surface area contributed by atoms with Crippen LogP contribution in [0.4, 0.5) is 0 Å². The molecule has 1 amide bonds. The van der Waals surface area contributed by atoms with E-state index in [1.54, 1.807) is 27.6 Å². The van der Waals surface area contributed by atoms with E-state index in [4.69, 9.17) is 0 Å². The number of imidazole rings is 1. The van der Waals surface area contributed by atoms with Crippen LogP contribution in [-0.4, -0.2) is 50.7 Å². The molecule has 3 aromatic heterocycles. The van der Waals surface area contributed by atoms with Crippen LogP contribution < -0.4 is 0 Å². The molecule has 8 heteroatoms. The molecule has 4 rings (SSSR count). The second kappa shape index (κ2) is 9.07. The van der Waals surface area contributed by atoms with Gasteiger partial charge in [0.25, 0.3) is 5.91 Å². The summed E-state index contributed by atoms with van der Waals surface area (Å²) in [7, 11) is 3.91. The third-order valence-electron chi connectivity index (χ3n) is 5.36. The Hall–Kier alpha value is -2.55. The molecule has 0 radical (unpaired) electrons. The van der Waals surface area contributed by atoms with Crippen LogP contribution in [0.3, 0.4) is 0 Å². The number of benzene rings is 1. The highest BCUT2D eigenvalue weighted by Gasteiger charge is 2.25. The lowest BCUT2D eigenvalue weighted by Gasteiger charge is -2.23. The van der Waals surface area contributed by atoms with Crippen molar-refractivity contribution < 1.29 is 4.79 Å². The molecule has 0 aliphatic heterocycles. The smallest absolute Gasteiger partial charge is 0.274 e. The van der Waals surface area contributed by atoms with Crippen molar-refractivity contribution in [2.45, 2.75) is 25.9 Å². The first-order valence-electron chi connectivity index (χ1n) is 9.88. The second-order valence-electron chi connectivity index (χ2n) is 7.39. The quantitative estimate of drug-likeness (QED) is 0.409. The van der Waals surface area contributed by atoms with Gasteiger partial charge in [0.05, 0.1) is 11.7 Å². The van der Waals surface area contributed by atoms with Gasteiger partial charge in [0.2, 0.25) is 0 Å². The van der Waals surface area contributed by atoms with E-state index in [1.807, 2.05) is 52.8 Å². The fourth-order valence-electron chi connectivity index (χ4n) is 3.38. The monoisotopic (exact) mass is 439 g/mol. The van der Waals surface area contributed by atoms with Crippen LogP contribution in [0.25, 0.3) is 4.96 Å².